The molecule has 0 saturated heterocycles. The molecule has 1 N–H and O–H groups in total. The zero-order valence-corrected chi connectivity index (χ0v) is 7.88. The van der Waals surface area contributed by atoms with Crippen LogP contribution in [-0.4, -0.2) is 23.8 Å². The molecule has 0 bridgehead atoms. The van der Waals surface area contributed by atoms with Crippen LogP contribution in [0, 0.1) is 0 Å². The van der Waals surface area contributed by atoms with Gasteiger partial charge < -0.3 is 9.84 Å². The fourth-order valence-corrected chi connectivity index (χ4v) is 0.910. The number of unbranched alkanes of at least 4 members (excludes halogenated alkanes) is 1. The molecule has 0 radical (unpaired) electrons. The van der Waals surface area contributed by atoms with Crippen LogP contribution in [0.2, 0.25) is 0 Å². The molecule has 3 nitrogen and oxygen atoms in total. The molecule has 12 heavy (non-hydrogen) atoms. The van der Waals surface area contributed by atoms with Gasteiger partial charge in [-0.2, -0.15) is 0 Å². The second-order valence-electron chi connectivity index (χ2n) is 2.85. The van der Waals surface area contributed by atoms with E-state index in [-0.39, 0.29) is 12.5 Å². The molecular weight excluding hydrogens is 156 g/mol. The fraction of sp³-hybridized carbons (Fsp3) is 0.889. The van der Waals surface area contributed by atoms with Crippen molar-refractivity contribution in [3.63, 3.8) is 0 Å². The number of carbonyl (C=O) groups is 1. The third-order valence-corrected chi connectivity index (χ3v) is 1.71. The maximum absolute atomic E-state index is 10.3. The Balaban J connectivity index is 3.46. The van der Waals surface area contributed by atoms with Crippen molar-refractivity contribution in [3.05, 3.63) is 0 Å². The lowest BCUT2D eigenvalue weighted by Gasteiger charge is -2.12. The molecular formula is C9H18O3. The summed E-state index contributed by atoms with van der Waals surface area (Å²) >= 11 is 0. The predicted octanol–water partition coefficient (Wildman–Crippen LogP) is 2.06. The van der Waals surface area contributed by atoms with Crippen LogP contribution in [0.1, 0.15) is 39.5 Å². The summed E-state index contributed by atoms with van der Waals surface area (Å²) in [7, 11) is 0. The van der Waals surface area contributed by atoms with Gasteiger partial charge in [-0.1, -0.05) is 20.3 Å². The van der Waals surface area contributed by atoms with Crippen molar-refractivity contribution in [2.45, 2.75) is 45.6 Å². The highest BCUT2D eigenvalue weighted by Crippen LogP contribution is 2.04. The number of hydrogen-bond donors (Lipinski definition) is 1. The molecule has 0 fully saturated rings. The van der Waals surface area contributed by atoms with Crippen molar-refractivity contribution in [2.24, 2.45) is 0 Å². The summed E-state index contributed by atoms with van der Waals surface area (Å²) in [6.45, 7) is 4.71. The first-order chi connectivity index (χ1) is 5.70. The standard InChI is InChI=1S/C9H18O3/c1-3-5-6-12-8(4-2)7-9(10)11/h8H,3-7H2,1-2H3,(H,10,11). The lowest BCUT2D eigenvalue weighted by Crippen LogP contribution is -2.17. The highest BCUT2D eigenvalue weighted by atomic mass is 16.5. The molecule has 0 saturated carbocycles. The summed E-state index contributed by atoms with van der Waals surface area (Å²) in [5, 5.41) is 8.49. The maximum atomic E-state index is 10.3. The predicted molar refractivity (Wildman–Crippen MR) is 47.2 cm³/mol. The third-order valence-electron chi connectivity index (χ3n) is 1.71. The first-order valence-corrected chi connectivity index (χ1v) is 4.54. The van der Waals surface area contributed by atoms with Crippen LogP contribution in [0.4, 0.5) is 0 Å². The van der Waals surface area contributed by atoms with E-state index in [0.29, 0.717) is 6.61 Å². The lowest BCUT2D eigenvalue weighted by atomic mass is 10.2. The quantitative estimate of drug-likeness (QED) is 0.601. The average molecular weight is 174 g/mol. The third kappa shape index (κ3) is 6.16. The summed E-state index contributed by atoms with van der Waals surface area (Å²) in [5.74, 6) is -0.779. The van der Waals surface area contributed by atoms with Crippen LogP contribution in [0.15, 0.2) is 0 Å². The molecule has 0 heterocycles. The molecule has 0 aromatic carbocycles. The van der Waals surface area contributed by atoms with Crippen molar-refractivity contribution in [1.82, 2.24) is 0 Å². The Morgan fingerprint density at radius 1 is 1.50 bits per heavy atom. The Morgan fingerprint density at radius 3 is 2.58 bits per heavy atom. The number of hydrogen-bond acceptors (Lipinski definition) is 2. The average Bonchev–Trinajstić information content (AvgIpc) is 2.02. The van der Waals surface area contributed by atoms with Gasteiger partial charge >= 0.3 is 5.97 Å². The minimum absolute atomic E-state index is 0.103. The minimum atomic E-state index is -0.779. The molecule has 0 aliphatic heterocycles. The molecule has 0 aliphatic rings. The lowest BCUT2D eigenvalue weighted by molar-refractivity contribution is -0.140. The van der Waals surface area contributed by atoms with E-state index in [1.807, 2.05) is 6.92 Å². The summed E-state index contributed by atoms with van der Waals surface area (Å²) in [5.41, 5.74) is 0. The second kappa shape index (κ2) is 7.10. The molecule has 0 spiro atoms. The van der Waals surface area contributed by atoms with Crippen molar-refractivity contribution in [2.75, 3.05) is 6.61 Å². The first-order valence-electron chi connectivity index (χ1n) is 4.54. The maximum Gasteiger partial charge on any atom is 0.305 e. The van der Waals surface area contributed by atoms with Crippen LogP contribution in [0.25, 0.3) is 0 Å². The molecule has 72 valence electrons. The van der Waals surface area contributed by atoms with E-state index in [0.717, 1.165) is 19.3 Å². The summed E-state index contributed by atoms with van der Waals surface area (Å²) in [4.78, 5) is 10.3. The van der Waals surface area contributed by atoms with E-state index < -0.39 is 5.97 Å². The van der Waals surface area contributed by atoms with Gasteiger partial charge in [0.05, 0.1) is 12.5 Å². The molecule has 1 unspecified atom stereocenters. The first kappa shape index (κ1) is 11.4. The van der Waals surface area contributed by atoms with Gasteiger partial charge in [0, 0.05) is 6.61 Å². The van der Waals surface area contributed by atoms with Gasteiger partial charge in [-0.25, -0.2) is 0 Å². The largest absolute Gasteiger partial charge is 0.481 e. The van der Waals surface area contributed by atoms with E-state index in [1.54, 1.807) is 0 Å². The highest BCUT2D eigenvalue weighted by molar-refractivity contribution is 5.67. The molecule has 0 aromatic heterocycles. The highest BCUT2D eigenvalue weighted by Gasteiger charge is 2.10. The monoisotopic (exact) mass is 174 g/mol. The zero-order valence-electron chi connectivity index (χ0n) is 7.88. The Labute approximate surface area is 73.7 Å². The minimum Gasteiger partial charge on any atom is -0.481 e. The van der Waals surface area contributed by atoms with E-state index >= 15 is 0 Å². The Hall–Kier alpha value is -0.570. The Kier molecular flexibility index (Phi) is 6.76. The van der Waals surface area contributed by atoms with Gasteiger partial charge in [0.1, 0.15) is 0 Å². The van der Waals surface area contributed by atoms with Gasteiger partial charge in [-0.05, 0) is 12.8 Å². The molecule has 0 amide bonds. The molecule has 1 atom stereocenters. The molecule has 0 aromatic rings. The van der Waals surface area contributed by atoms with Gasteiger partial charge in [0.15, 0.2) is 0 Å². The number of carboxylic acid groups (broad SMARTS) is 1. The molecule has 0 rings (SSSR count). The van der Waals surface area contributed by atoms with Crippen LogP contribution in [0.3, 0.4) is 0 Å². The summed E-state index contributed by atoms with van der Waals surface area (Å²) < 4.78 is 5.36. The molecule has 3 heteroatoms. The Morgan fingerprint density at radius 2 is 2.17 bits per heavy atom. The normalized spacial score (nSPS) is 12.8. The van der Waals surface area contributed by atoms with Crippen molar-refractivity contribution < 1.29 is 14.6 Å². The summed E-state index contributed by atoms with van der Waals surface area (Å²) in [6, 6.07) is 0. The van der Waals surface area contributed by atoms with Crippen LogP contribution in [0.5, 0.6) is 0 Å². The van der Waals surface area contributed by atoms with E-state index in [1.165, 1.54) is 0 Å². The number of aliphatic carboxylic acids is 1. The van der Waals surface area contributed by atoms with Gasteiger partial charge in [0.25, 0.3) is 0 Å². The van der Waals surface area contributed by atoms with Gasteiger partial charge in [0.2, 0.25) is 0 Å². The van der Waals surface area contributed by atoms with Crippen molar-refractivity contribution in [3.8, 4) is 0 Å². The van der Waals surface area contributed by atoms with Crippen molar-refractivity contribution in [1.29, 1.82) is 0 Å². The van der Waals surface area contributed by atoms with E-state index in [4.69, 9.17) is 9.84 Å². The van der Waals surface area contributed by atoms with E-state index in [2.05, 4.69) is 6.92 Å². The van der Waals surface area contributed by atoms with Crippen LogP contribution in [-0.2, 0) is 9.53 Å². The SMILES string of the molecule is CCCCOC(CC)CC(=O)O. The van der Waals surface area contributed by atoms with Crippen LogP contribution >= 0.6 is 0 Å². The van der Waals surface area contributed by atoms with Gasteiger partial charge in [-0.3, -0.25) is 4.79 Å². The van der Waals surface area contributed by atoms with Crippen LogP contribution < -0.4 is 0 Å². The topological polar surface area (TPSA) is 46.5 Å². The van der Waals surface area contributed by atoms with Crippen molar-refractivity contribution >= 4 is 5.97 Å². The smallest absolute Gasteiger partial charge is 0.305 e. The zero-order chi connectivity index (χ0) is 9.40. The summed E-state index contributed by atoms with van der Waals surface area (Å²) in [6.07, 6.45) is 2.89. The fourth-order valence-electron chi connectivity index (χ4n) is 0.910. The number of ether oxygens (including phenoxy) is 1. The van der Waals surface area contributed by atoms with E-state index in [9.17, 15) is 4.79 Å². The second-order valence-corrected chi connectivity index (χ2v) is 2.85. The van der Waals surface area contributed by atoms with Gasteiger partial charge in [-0.15, -0.1) is 0 Å². The number of carboxylic acids is 1. The number of rotatable bonds is 7. The molecule has 0 aliphatic carbocycles. The Bertz CT molecular complexity index is 123.